The largest absolute Gasteiger partial charge is 0.356 e. The quantitative estimate of drug-likeness (QED) is 0.459. The summed E-state index contributed by atoms with van der Waals surface area (Å²) in [5.41, 5.74) is 3.40. The zero-order chi connectivity index (χ0) is 24.8. The van der Waals surface area contributed by atoms with Gasteiger partial charge in [-0.15, -0.1) is 0 Å². The van der Waals surface area contributed by atoms with Crippen LogP contribution in [-0.2, 0) is 9.59 Å². The maximum atomic E-state index is 13.0. The van der Waals surface area contributed by atoms with Gasteiger partial charge >= 0.3 is 0 Å². The van der Waals surface area contributed by atoms with E-state index in [0.717, 1.165) is 31.4 Å². The monoisotopic (exact) mass is 479 g/mol. The zero-order valence-corrected chi connectivity index (χ0v) is 20.6. The van der Waals surface area contributed by atoms with Gasteiger partial charge in [-0.1, -0.05) is 66.7 Å². The standard InChI is InChI=1S/C31H33N3O2/c35-29(15-14-26-13-7-8-19-32-26)34-21-17-31(18-22-34)23-28(31)30(36)33-20-16-27(24-9-3-1-4-10-24)25-11-5-2-6-12-25/h1-15,19,27-28H,16-18,20-23H2,(H,33,36)/b15-14+/t28-/m1/s1. The lowest BCUT2D eigenvalue weighted by Crippen LogP contribution is -2.40. The van der Waals surface area contributed by atoms with Gasteiger partial charge in [-0.3, -0.25) is 14.6 Å². The number of pyridine rings is 1. The Labute approximate surface area is 213 Å². The van der Waals surface area contributed by atoms with Gasteiger partial charge in [0.1, 0.15) is 0 Å². The summed E-state index contributed by atoms with van der Waals surface area (Å²) in [7, 11) is 0. The molecule has 2 aromatic carbocycles. The topological polar surface area (TPSA) is 62.3 Å². The van der Waals surface area contributed by atoms with Crippen LogP contribution in [0.5, 0.6) is 0 Å². The smallest absolute Gasteiger partial charge is 0.246 e. The molecule has 5 rings (SSSR count). The van der Waals surface area contributed by atoms with Gasteiger partial charge in [-0.05, 0) is 60.4 Å². The third-order valence-corrected chi connectivity index (χ3v) is 7.80. The van der Waals surface area contributed by atoms with Crippen LogP contribution in [0.4, 0.5) is 0 Å². The van der Waals surface area contributed by atoms with E-state index in [-0.39, 0.29) is 29.1 Å². The fourth-order valence-corrected chi connectivity index (χ4v) is 5.54. The second kappa shape index (κ2) is 10.9. The Kier molecular flexibility index (Phi) is 7.26. The van der Waals surface area contributed by atoms with Crippen LogP contribution in [0, 0.1) is 11.3 Å². The van der Waals surface area contributed by atoms with Gasteiger partial charge in [-0.25, -0.2) is 0 Å². The molecule has 1 saturated heterocycles. The average molecular weight is 480 g/mol. The molecule has 36 heavy (non-hydrogen) atoms. The van der Waals surface area contributed by atoms with Crippen molar-refractivity contribution in [2.45, 2.75) is 31.6 Å². The fourth-order valence-electron chi connectivity index (χ4n) is 5.54. The minimum absolute atomic E-state index is 0.0185. The number of hydrogen-bond donors (Lipinski definition) is 1. The molecule has 5 nitrogen and oxygen atoms in total. The highest BCUT2D eigenvalue weighted by Gasteiger charge is 2.58. The highest BCUT2D eigenvalue weighted by molar-refractivity contribution is 5.91. The number of hydrogen-bond acceptors (Lipinski definition) is 3. The first-order valence-electron chi connectivity index (χ1n) is 12.9. The number of carbonyl (C=O) groups is 2. The summed E-state index contributed by atoms with van der Waals surface area (Å²) in [4.78, 5) is 31.7. The average Bonchev–Trinajstić information content (AvgIpc) is 3.64. The first kappa shape index (κ1) is 24.0. The van der Waals surface area contributed by atoms with Crippen LogP contribution in [0.25, 0.3) is 6.08 Å². The lowest BCUT2D eigenvalue weighted by atomic mass is 9.88. The van der Waals surface area contributed by atoms with Crippen molar-refractivity contribution in [2.24, 2.45) is 11.3 Å². The molecular formula is C31H33N3O2. The van der Waals surface area contributed by atoms with Crippen LogP contribution >= 0.6 is 0 Å². The van der Waals surface area contributed by atoms with Crippen molar-refractivity contribution in [3.8, 4) is 0 Å². The number of nitrogens with one attached hydrogen (secondary N) is 1. The molecule has 1 aliphatic carbocycles. The molecule has 184 valence electrons. The normalized spacial score (nSPS) is 18.5. The first-order chi connectivity index (χ1) is 17.6. The van der Waals surface area contributed by atoms with E-state index in [1.54, 1.807) is 18.3 Å². The van der Waals surface area contributed by atoms with Crippen molar-refractivity contribution in [1.29, 1.82) is 0 Å². The van der Waals surface area contributed by atoms with E-state index < -0.39 is 0 Å². The number of benzene rings is 2. The molecule has 1 aromatic heterocycles. The zero-order valence-electron chi connectivity index (χ0n) is 20.6. The summed E-state index contributed by atoms with van der Waals surface area (Å²) in [6.07, 6.45) is 8.67. The molecule has 3 aromatic rings. The Balaban J connectivity index is 1.10. The SMILES string of the molecule is O=C(NCCC(c1ccccc1)c1ccccc1)[C@H]1CC12CCN(C(=O)/C=C/c1ccccn1)CC2. The van der Waals surface area contributed by atoms with Gasteiger partial charge in [0.15, 0.2) is 0 Å². The van der Waals surface area contributed by atoms with Gasteiger partial charge in [0.2, 0.25) is 11.8 Å². The molecule has 2 aliphatic rings. The second-order valence-corrected chi connectivity index (χ2v) is 9.99. The van der Waals surface area contributed by atoms with Crippen LogP contribution < -0.4 is 5.32 Å². The highest BCUT2D eigenvalue weighted by Crippen LogP contribution is 2.59. The summed E-state index contributed by atoms with van der Waals surface area (Å²) in [5.74, 6) is 0.523. The number of amides is 2. The maximum absolute atomic E-state index is 13.0. The summed E-state index contributed by atoms with van der Waals surface area (Å²) in [6.45, 7) is 2.07. The van der Waals surface area contributed by atoms with Gasteiger partial charge in [0, 0.05) is 43.7 Å². The molecule has 5 heteroatoms. The van der Waals surface area contributed by atoms with Crippen LogP contribution in [0.3, 0.4) is 0 Å². The van der Waals surface area contributed by atoms with E-state index in [9.17, 15) is 9.59 Å². The van der Waals surface area contributed by atoms with E-state index in [1.165, 1.54) is 11.1 Å². The predicted molar refractivity (Wildman–Crippen MR) is 142 cm³/mol. The van der Waals surface area contributed by atoms with Crippen molar-refractivity contribution in [3.63, 3.8) is 0 Å². The molecule has 1 atom stereocenters. The summed E-state index contributed by atoms with van der Waals surface area (Å²) >= 11 is 0. The molecule has 0 unspecified atom stereocenters. The van der Waals surface area contributed by atoms with Crippen LogP contribution in [-0.4, -0.2) is 41.3 Å². The third-order valence-electron chi connectivity index (χ3n) is 7.80. The van der Waals surface area contributed by atoms with Crippen molar-refractivity contribution < 1.29 is 9.59 Å². The first-order valence-corrected chi connectivity index (χ1v) is 12.9. The number of carbonyl (C=O) groups excluding carboxylic acids is 2. The Morgan fingerprint density at radius 1 is 0.944 bits per heavy atom. The minimum Gasteiger partial charge on any atom is -0.356 e. The van der Waals surface area contributed by atoms with Gasteiger partial charge in [-0.2, -0.15) is 0 Å². The molecule has 2 heterocycles. The minimum atomic E-state index is 0.0185. The van der Waals surface area contributed by atoms with E-state index in [2.05, 4.69) is 58.8 Å². The summed E-state index contributed by atoms with van der Waals surface area (Å²) in [5, 5.41) is 3.22. The molecule has 1 spiro atoms. The Morgan fingerprint density at radius 2 is 1.58 bits per heavy atom. The van der Waals surface area contributed by atoms with Crippen LogP contribution in [0.2, 0.25) is 0 Å². The third kappa shape index (κ3) is 5.56. The molecule has 1 N–H and O–H groups in total. The molecule has 0 radical (unpaired) electrons. The number of piperidine rings is 1. The molecular weight excluding hydrogens is 446 g/mol. The molecule has 1 aliphatic heterocycles. The molecule has 2 fully saturated rings. The van der Waals surface area contributed by atoms with Gasteiger partial charge in [0.25, 0.3) is 0 Å². The van der Waals surface area contributed by atoms with Gasteiger partial charge in [0.05, 0.1) is 5.69 Å². The van der Waals surface area contributed by atoms with Crippen molar-refractivity contribution in [2.75, 3.05) is 19.6 Å². The number of aromatic nitrogens is 1. The lowest BCUT2D eigenvalue weighted by Gasteiger charge is -2.32. The van der Waals surface area contributed by atoms with Gasteiger partial charge < -0.3 is 10.2 Å². The summed E-state index contributed by atoms with van der Waals surface area (Å²) in [6, 6.07) is 26.7. The number of rotatable bonds is 8. The van der Waals surface area contributed by atoms with Crippen molar-refractivity contribution in [1.82, 2.24) is 15.2 Å². The van der Waals surface area contributed by atoms with Crippen LogP contribution in [0.1, 0.15) is 48.4 Å². The second-order valence-electron chi connectivity index (χ2n) is 9.99. The molecule has 0 bridgehead atoms. The van der Waals surface area contributed by atoms with E-state index in [4.69, 9.17) is 0 Å². The fraction of sp³-hybridized carbons (Fsp3) is 0.323. The number of likely N-dealkylation sites (tertiary alicyclic amines) is 1. The van der Waals surface area contributed by atoms with Crippen molar-refractivity contribution in [3.05, 3.63) is 108 Å². The highest BCUT2D eigenvalue weighted by atomic mass is 16.2. The Bertz CT molecular complexity index is 1150. The Morgan fingerprint density at radius 3 is 2.19 bits per heavy atom. The maximum Gasteiger partial charge on any atom is 0.246 e. The van der Waals surface area contributed by atoms with Crippen molar-refractivity contribution >= 4 is 17.9 Å². The predicted octanol–water partition coefficient (Wildman–Crippen LogP) is 5.06. The van der Waals surface area contributed by atoms with Crippen LogP contribution in [0.15, 0.2) is 91.1 Å². The number of nitrogens with zero attached hydrogens (tertiary/aromatic N) is 2. The summed E-state index contributed by atoms with van der Waals surface area (Å²) < 4.78 is 0. The van der Waals surface area contributed by atoms with E-state index in [0.29, 0.717) is 19.6 Å². The lowest BCUT2D eigenvalue weighted by molar-refractivity contribution is -0.127. The molecule has 2 amide bonds. The van der Waals surface area contributed by atoms with E-state index >= 15 is 0 Å². The molecule has 1 saturated carbocycles. The van der Waals surface area contributed by atoms with E-state index in [1.807, 2.05) is 35.2 Å². The Hall–Kier alpha value is -3.73.